The third-order valence-corrected chi connectivity index (χ3v) is 12.7. The number of amides is 6. The number of nitrogens with one attached hydrogen (secondary N) is 6. The Hall–Kier alpha value is -5.14. The van der Waals surface area contributed by atoms with Gasteiger partial charge in [0.05, 0.1) is 0 Å². The van der Waals surface area contributed by atoms with E-state index in [0.717, 1.165) is 22.6 Å². The van der Waals surface area contributed by atoms with Crippen LogP contribution in [0.5, 0.6) is 0 Å². The van der Waals surface area contributed by atoms with Gasteiger partial charge in [-0.1, -0.05) is 13.8 Å². The number of imide groups is 1. The summed E-state index contributed by atoms with van der Waals surface area (Å²) >= 11 is -0.808. The summed E-state index contributed by atoms with van der Waals surface area (Å²) in [4.78, 5) is 91.3. The van der Waals surface area contributed by atoms with Crippen LogP contribution in [0.25, 0.3) is 11.2 Å². The first kappa shape index (κ1) is 45.0. The first-order valence-corrected chi connectivity index (χ1v) is 21.2. The zero-order chi connectivity index (χ0) is 43.0. The van der Waals surface area contributed by atoms with Crippen LogP contribution in [0.15, 0.2) is 49.1 Å². The Kier molecular flexibility index (Phi) is 15.0. The maximum atomic E-state index is 13.1. The zero-order valence-electron chi connectivity index (χ0n) is 33.1. The molecule has 0 spiro atoms. The molecule has 59 heavy (non-hydrogen) atoms. The number of halogens is 1. The predicted molar refractivity (Wildman–Crippen MR) is 206 cm³/mol. The number of ether oxygens (including phenoxy) is 1. The molecular formula is C37H50IN11O10. The number of carbonyl (C=O) groups excluding carboxylic acids is 6. The standard InChI is InChI=1S/C37H50IN11O10/c1-19(2)28(45-24(51)12-13-48-26(53)10-11-27(48)54)36(58)43-20(3)35(57)44-22-8-6-21(7-9-22)15-49(4,5)38-14-25(52)46-29-23(16-50)59-37(32(56)31(29)55)47-34-30-33(40-17-39-30)41-18-42-34/h6-11,17-20,23,28-29,31-32,37,50,55-56H,12-16H2,1-5H3,(H,43,58)(H,44,57)(H,45,51)(H,46,52)(H2,39,40,41,42,47)/t20-,23-,28-,29-,31+,32-,37-/m0/s1. The van der Waals surface area contributed by atoms with E-state index < -0.39 is 100 Å². The van der Waals surface area contributed by atoms with Crippen LogP contribution in [0, 0.1) is 5.92 Å². The molecule has 0 aliphatic carbocycles. The van der Waals surface area contributed by atoms with Gasteiger partial charge in [-0.3, -0.25) is 19.3 Å². The van der Waals surface area contributed by atoms with Crippen molar-refractivity contribution in [2.75, 3.05) is 42.3 Å². The number of hydrogen-bond donors (Lipinski definition) is 9. The third kappa shape index (κ3) is 11.8. The molecule has 6 amide bonds. The number of aromatic nitrogens is 4. The van der Waals surface area contributed by atoms with E-state index in [4.69, 9.17) is 4.74 Å². The van der Waals surface area contributed by atoms with E-state index in [1.165, 1.54) is 19.6 Å². The molecule has 7 atom stereocenters. The van der Waals surface area contributed by atoms with Gasteiger partial charge in [0, 0.05) is 25.1 Å². The molecule has 0 unspecified atom stereocenters. The summed E-state index contributed by atoms with van der Waals surface area (Å²) in [6, 6.07) is 4.15. The Morgan fingerprint density at radius 1 is 0.949 bits per heavy atom. The number of hydrogen-bond acceptors (Lipinski definition) is 14. The van der Waals surface area contributed by atoms with Gasteiger partial charge in [0.15, 0.2) is 0 Å². The number of H-pyrrole nitrogens is 1. The van der Waals surface area contributed by atoms with E-state index in [0.29, 0.717) is 26.1 Å². The summed E-state index contributed by atoms with van der Waals surface area (Å²) in [5.41, 5.74) is 2.27. The number of aliphatic hydroxyl groups is 3. The molecule has 5 rings (SSSR count). The SMILES string of the molecule is CC(C)[C@H](NC(=O)CCN1C(=O)C=CC1=O)C(=O)N[C@@H](C)C(=O)Nc1ccc(C[N+](C)(C)[I-]CC(=O)N[C@@H]2[C@@H](O)[C@H](O)[C@@H](Nc3ncnc4nc[nH]c34)O[C@H]2CO)cc1. The van der Waals surface area contributed by atoms with Gasteiger partial charge in [0.1, 0.15) is 0 Å². The minimum atomic E-state index is -1.48. The summed E-state index contributed by atoms with van der Waals surface area (Å²) in [6.07, 6.45) is -0.366. The number of rotatable bonds is 18. The van der Waals surface area contributed by atoms with Crippen LogP contribution in [-0.4, -0.2) is 153 Å². The molecule has 4 heterocycles. The van der Waals surface area contributed by atoms with Crippen LogP contribution < -0.4 is 48.1 Å². The zero-order valence-corrected chi connectivity index (χ0v) is 35.2. The Morgan fingerprint density at radius 3 is 2.31 bits per heavy atom. The summed E-state index contributed by atoms with van der Waals surface area (Å²) in [6.45, 7) is 4.89. The van der Waals surface area contributed by atoms with Crippen molar-refractivity contribution in [2.24, 2.45) is 5.92 Å². The molecule has 0 bridgehead atoms. The second kappa shape index (κ2) is 19.7. The molecule has 1 saturated heterocycles. The minimum absolute atomic E-state index is 0.124. The fourth-order valence-corrected chi connectivity index (χ4v) is 8.39. The van der Waals surface area contributed by atoms with Gasteiger partial charge in [0.25, 0.3) is 11.8 Å². The molecule has 0 saturated carbocycles. The second-order valence-corrected chi connectivity index (χ2v) is 18.9. The molecule has 21 nitrogen and oxygen atoms in total. The quantitative estimate of drug-likeness (QED) is 0.0250. The van der Waals surface area contributed by atoms with Crippen molar-refractivity contribution in [1.29, 1.82) is 0 Å². The molecule has 1 fully saturated rings. The Bertz CT molecular complexity index is 2030. The van der Waals surface area contributed by atoms with Crippen molar-refractivity contribution < 1.29 is 73.0 Å². The molecule has 2 aliphatic rings. The molecule has 2 aromatic heterocycles. The summed E-state index contributed by atoms with van der Waals surface area (Å²) in [5.74, 6) is -3.00. The monoisotopic (exact) mass is 935 g/mol. The average molecular weight is 936 g/mol. The van der Waals surface area contributed by atoms with Crippen molar-refractivity contribution in [3.8, 4) is 0 Å². The van der Waals surface area contributed by atoms with Crippen molar-refractivity contribution in [3.05, 3.63) is 54.6 Å². The number of nitrogens with zero attached hydrogens (tertiary/aromatic N) is 5. The van der Waals surface area contributed by atoms with Crippen LogP contribution in [0.4, 0.5) is 11.5 Å². The summed E-state index contributed by atoms with van der Waals surface area (Å²) < 4.78 is 6.52. The first-order chi connectivity index (χ1) is 28.0. The normalized spacial score (nSPS) is 21.7. The van der Waals surface area contributed by atoms with E-state index in [9.17, 15) is 44.1 Å². The number of fused-ring (bicyclic) bond motifs is 1. The predicted octanol–water partition coefficient (Wildman–Crippen LogP) is -5.13. The topological polar surface area (TPSA) is 290 Å². The summed E-state index contributed by atoms with van der Waals surface area (Å²) in [7, 11) is 3.97. The van der Waals surface area contributed by atoms with Crippen molar-refractivity contribution >= 4 is 58.1 Å². The van der Waals surface area contributed by atoms with Gasteiger partial charge in [-0.05, 0) is 5.92 Å². The Balaban J connectivity index is 1.05. The number of carbonyl (C=O) groups is 6. The number of alkyl halides is 1. The number of aromatic amines is 1. The number of anilines is 2. The van der Waals surface area contributed by atoms with Crippen molar-refractivity contribution in [1.82, 2.24) is 40.8 Å². The van der Waals surface area contributed by atoms with Gasteiger partial charge in [0.2, 0.25) is 5.91 Å². The number of benzene rings is 1. The van der Waals surface area contributed by atoms with E-state index in [1.54, 1.807) is 26.0 Å². The Morgan fingerprint density at radius 2 is 1.64 bits per heavy atom. The molecule has 3 aromatic rings. The Labute approximate surface area is 350 Å². The molecular weight excluding hydrogens is 885 g/mol. The van der Waals surface area contributed by atoms with Crippen LogP contribution in [0.2, 0.25) is 0 Å². The van der Waals surface area contributed by atoms with E-state index in [-0.39, 0.29) is 35.0 Å². The van der Waals surface area contributed by atoms with Crippen molar-refractivity contribution in [2.45, 2.75) is 76.4 Å². The van der Waals surface area contributed by atoms with Crippen LogP contribution in [0.3, 0.4) is 0 Å². The fourth-order valence-electron chi connectivity index (χ4n) is 6.30. The molecule has 0 radical (unpaired) electrons. The average Bonchev–Trinajstić information content (AvgIpc) is 3.81. The first-order valence-electron chi connectivity index (χ1n) is 18.8. The van der Waals surface area contributed by atoms with Crippen LogP contribution in [-0.2, 0) is 40.0 Å². The maximum absolute atomic E-state index is 13.1. The van der Waals surface area contributed by atoms with Gasteiger partial charge < -0.3 is 5.32 Å². The number of quaternary nitrogens is 1. The molecule has 2 aliphatic heterocycles. The third-order valence-electron chi connectivity index (χ3n) is 9.52. The summed E-state index contributed by atoms with van der Waals surface area (Å²) in [5, 5.41) is 45.6. The number of aliphatic hydroxyl groups excluding tert-OH is 3. The van der Waals surface area contributed by atoms with Crippen LogP contribution >= 0.6 is 0 Å². The van der Waals surface area contributed by atoms with Gasteiger partial charge in [-0.15, -0.1) is 0 Å². The molecule has 9 N–H and O–H groups in total. The molecule has 320 valence electrons. The van der Waals surface area contributed by atoms with Crippen molar-refractivity contribution in [3.63, 3.8) is 0 Å². The fraction of sp³-hybridized carbons (Fsp3) is 0.486. The second-order valence-electron chi connectivity index (χ2n) is 14.9. The number of imidazole rings is 1. The van der Waals surface area contributed by atoms with E-state index in [1.807, 2.05) is 26.2 Å². The van der Waals surface area contributed by atoms with Crippen LogP contribution in [0.1, 0.15) is 32.8 Å². The van der Waals surface area contributed by atoms with E-state index >= 15 is 0 Å². The van der Waals surface area contributed by atoms with Gasteiger partial charge in [-0.2, -0.15) is 0 Å². The molecule has 22 heteroatoms. The van der Waals surface area contributed by atoms with Gasteiger partial charge in [-0.25, -0.2) is 0 Å². The molecule has 1 aromatic carbocycles. The van der Waals surface area contributed by atoms with Gasteiger partial charge >= 0.3 is 264 Å². The van der Waals surface area contributed by atoms with E-state index in [2.05, 4.69) is 46.5 Å².